The number of halogens is 1. The van der Waals surface area contributed by atoms with E-state index in [0.29, 0.717) is 6.54 Å². The fourth-order valence-corrected chi connectivity index (χ4v) is 1.84. The van der Waals surface area contributed by atoms with Crippen LogP contribution < -0.4 is 5.32 Å². The molecule has 0 aromatic carbocycles. The highest BCUT2D eigenvalue weighted by atomic mass is 19.1. The minimum absolute atomic E-state index is 0.0538. The summed E-state index contributed by atoms with van der Waals surface area (Å²) in [4.78, 5) is 22.5. The third-order valence-electron chi connectivity index (χ3n) is 2.75. The van der Waals surface area contributed by atoms with Crippen LogP contribution in [0.2, 0.25) is 0 Å². The minimum atomic E-state index is -0.582. The topological polar surface area (TPSA) is 93.8 Å². The Bertz CT molecular complexity index is 678. The first-order valence-electron chi connectivity index (χ1n) is 6.40. The number of pyridine rings is 1. The number of nitrogens with one attached hydrogen (secondary N) is 1. The lowest BCUT2D eigenvalue weighted by molar-refractivity contribution is -0.385. The van der Waals surface area contributed by atoms with Crippen molar-refractivity contribution in [3.8, 4) is 11.3 Å². The van der Waals surface area contributed by atoms with E-state index in [2.05, 4.69) is 20.3 Å². The monoisotopic (exact) mass is 291 g/mol. The van der Waals surface area contributed by atoms with E-state index in [4.69, 9.17) is 0 Å². The summed E-state index contributed by atoms with van der Waals surface area (Å²) in [6.07, 6.45) is 3.22. The Morgan fingerprint density at radius 2 is 2.14 bits per heavy atom. The molecule has 21 heavy (non-hydrogen) atoms. The Morgan fingerprint density at radius 3 is 2.76 bits per heavy atom. The van der Waals surface area contributed by atoms with Crippen molar-refractivity contribution < 1.29 is 9.31 Å². The normalized spacial score (nSPS) is 10.4. The molecule has 1 N–H and O–H groups in total. The van der Waals surface area contributed by atoms with Crippen molar-refractivity contribution in [1.82, 2.24) is 15.0 Å². The van der Waals surface area contributed by atoms with E-state index in [9.17, 15) is 14.5 Å². The first-order chi connectivity index (χ1) is 10.0. The molecule has 0 aliphatic rings. The van der Waals surface area contributed by atoms with E-state index in [-0.39, 0.29) is 28.6 Å². The van der Waals surface area contributed by atoms with Crippen molar-refractivity contribution >= 4 is 11.6 Å². The summed E-state index contributed by atoms with van der Waals surface area (Å²) in [5.74, 6) is -0.305. The third kappa shape index (κ3) is 3.28. The lowest BCUT2D eigenvalue weighted by Gasteiger charge is -2.08. The second kappa shape index (κ2) is 6.21. The molecule has 2 heterocycles. The third-order valence-corrected chi connectivity index (χ3v) is 2.75. The standard InChI is InChI=1S/C13H14FN5O2/c1-3-4-16-13-17-8(2)12(19(20)21)11(18-13)9-5-10(14)7-15-6-9/h5-7H,3-4H2,1-2H3,(H,16,17,18). The molecular weight excluding hydrogens is 277 g/mol. The highest BCUT2D eigenvalue weighted by Crippen LogP contribution is 2.30. The summed E-state index contributed by atoms with van der Waals surface area (Å²) < 4.78 is 13.3. The molecule has 0 atom stereocenters. The second-order valence-corrected chi connectivity index (χ2v) is 4.41. The lowest BCUT2D eigenvalue weighted by Crippen LogP contribution is -2.08. The lowest BCUT2D eigenvalue weighted by atomic mass is 10.1. The zero-order valence-corrected chi connectivity index (χ0v) is 11.6. The van der Waals surface area contributed by atoms with E-state index in [1.807, 2.05) is 6.92 Å². The number of aryl methyl sites for hydroxylation is 1. The van der Waals surface area contributed by atoms with Crippen LogP contribution >= 0.6 is 0 Å². The molecule has 0 aliphatic carbocycles. The Labute approximate surface area is 120 Å². The maximum Gasteiger partial charge on any atom is 0.316 e. The van der Waals surface area contributed by atoms with Gasteiger partial charge in [-0.15, -0.1) is 0 Å². The molecule has 0 unspecified atom stereocenters. The van der Waals surface area contributed by atoms with Crippen molar-refractivity contribution in [3.05, 3.63) is 40.1 Å². The van der Waals surface area contributed by atoms with Crippen LogP contribution in [0, 0.1) is 22.9 Å². The van der Waals surface area contributed by atoms with Crippen molar-refractivity contribution in [2.45, 2.75) is 20.3 Å². The minimum Gasteiger partial charge on any atom is -0.354 e. The molecular formula is C13H14FN5O2. The van der Waals surface area contributed by atoms with Gasteiger partial charge in [0.2, 0.25) is 5.95 Å². The summed E-state index contributed by atoms with van der Waals surface area (Å²) in [7, 11) is 0. The number of anilines is 1. The summed E-state index contributed by atoms with van der Waals surface area (Å²) in [6, 6.07) is 1.16. The van der Waals surface area contributed by atoms with Crippen LogP contribution in [-0.2, 0) is 0 Å². The van der Waals surface area contributed by atoms with Crippen molar-refractivity contribution in [3.63, 3.8) is 0 Å². The van der Waals surface area contributed by atoms with E-state index in [0.717, 1.165) is 18.7 Å². The zero-order chi connectivity index (χ0) is 15.4. The van der Waals surface area contributed by atoms with Gasteiger partial charge in [0.15, 0.2) is 5.69 Å². The summed E-state index contributed by atoms with van der Waals surface area (Å²) in [6.45, 7) is 4.13. The molecule has 0 aliphatic heterocycles. The molecule has 2 aromatic heterocycles. The van der Waals surface area contributed by atoms with Crippen molar-refractivity contribution in [2.24, 2.45) is 0 Å². The van der Waals surface area contributed by atoms with Gasteiger partial charge in [-0.05, 0) is 19.4 Å². The highest BCUT2D eigenvalue weighted by Gasteiger charge is 2.23. The Hall–Kier alpha value is -2.64. The van der Waals surface area contributed by atoms with E-state index >= 15 is 0 Å². The first kappa shape index (κ1) is 14.8. The molecule has 0 amide bonds. The number of hydrogen-bond donors (Lipinski definition) is 1. The molecule has 110 valence electrons. The number of hydrogen-bond acceptors (Lipinski definition) is 6. The van der Waals surface area contributed by atoms with Crippen molar-refractivity contribution in [2.75, 3.05) is 11.9 Å². The highest BCUT2D eigenvalue weighted by molar-refractivity contribution is 5.71. The van der Waals surface area contributed by atoms with Gasteiger partial charge in [-0.1, -0.05) is 6.92 Å². The SMILES string of the molecule is CCCNc1nc(C)c([N+](=O)[O-])c(-c2cncc(F)c2)n1. The molecule has 0 saturated heterocycles. The first-order valence-corrected chi connectivity index (χ1v) is 6.40. The summed E-state index contributed by atoms with van der Waals surface area (Å²) in [5.41, 5.74) is 0.266. The van der Waals surface area contributed by atoms with Gasteiger partial charge in [0.1, 0.15) is 11.5 Å². The summed E-state index contributed by atoms with van der Waals surface area (Å²) >= 11 is 0. The number of nitrogens with zero attached hydrogens (tertiary/aromatic N) is 4. The molecule has 7 nitrogen and oxygen atoms in total. The van der Waals surface area contributed by atoms with Gasteiger partial charge < -0.3 is 5.32 Å². The maximum absolute atomic E-state index is 13.3. The van der Waals surface area contributed by atoms with Gasteiger partial charge in [-0.25, -0.2) is 14.4 Å². The van der Waals surface area contributed by atoms with Crippen LogP contribution in [0.4, 0.5) is 16.0 Å². The van der Waals surface area contributed by atoms with E-state index in [1.165, 1.54) is 13.1 Å². The van der Waals surface area contributed by atoms with Crippen LogP contribution in [0.15, 0.2) is 18.5 Å². The van der Waals surface area contributed by atoms with E-state index in [1.54, 1.807) is 0 Å². The molecule has 0 radical (unpaired) electrons. The van der Waals surface area contributed by atoms with Crippen molar-refractivity contribution in [1.29, 1.82) is 0 Å². The van der Waals surface area contributed by atoms with Gasteiger partial charge in [0, 0.05) is 18.3 Å². The zero-order valence-electron chi connectivity index (χ0n) is 11.6. The average molecular weight is 291 g/mol. The Morgan fingerprint density at radius 1 is 1.38 bits per heavy atom. The average Bonchev–Trinajstić information content (AvgIpc) is 2.44. The van der Waals surface area contributed by atoms with Crippen LogP contribution in [0.25, 0.3) is 11.3 Å². The number of aromatic nitrogens is 3. The van der Waals surface area contributed by atoms with Gasteiger partial charge in [0.05, 0.1) is 11.1 Å². The largest absolute Gasteiger partial charge is 0.354 e. The quantitative estimate of drug-likeness (QED) is 0.672. The van der Waals surface area contributed by atoms with Crippen LogP contribution in [-0.4, -0.2) is 26.4 Å². The maximum atomic E-state index is 13.3. The molecule has 2 rings (SSSR count). The fourth-order valence-electron chi connectivity index (χ4n) is 1.84. The van der Waals surface area contributed by atoms with Crippen LogP contribution in [0.5, 0.6) is 0 Å². The van der Waals surface area contributed by atoms with Gasteiger partial charge in [-0.3, -0.25) is 15.1 Å². The molecule has 0 saturated carbocycles. The number of nitro groups is 1. The molecule has 0 bridgehead atoms. The number of rotatable bonds is 5. The smallest absolute Gasteiger partial charge is 0.316 e. The summed E-state index contributed by atoms with van der Waals surface area (Å²) in [5, 5.41) is 14.2. The molecule has 0 fully saturated rings. The Kier molecular flexibility index (Phi) is 4.36. The predicted octanol–water partition coefficient (Wildman–Crippen LogP) is 2.72. The predicted molar refractivity (Wildman–Crippen MR) is 75.4 cm³/mol. The van der Waals surface area contributed by atoms with E-state index < -0.39 is 10.7 Å². The second-order valence-electron chi connectivity index (χ2n) is 4.41. The van der Waals surface area contributed by atoms with Gasteiger partial charge in [-0.2, -0.15) is 0 Å². The van der Waals surface area contributed by atoms with Crippen LogP contribution in [0.3, 0.4) is 0 Å². The van der Waals surface area contributed by atoms with Gasteiger partial charge >= 0.3 is 5.69 Å². The molecule has 2 aromatic rings. The van der Waals surface area contributed by atoms with Crippen LogP contribution in [0.1, 0.15) is 19.0 Å². The van der Waals surface area contributed by atoms with Gasteiger partial charge in [0.25, 0.3) is 0 Å². The molecule has 0 spiro atoms. The Balaban J connectivity index is 2.59. The molecule has 8 heteroatoms. The fraction of sp³-hybridized carbons (Fsp3) is 0.308.